The molecule has 5 heteroatoms. The van der Waals surface area contributed by atoms with Crippen molar-refractivity contribution in [2.45, 2.75) is 57.7 Å². The lowest BCUT2D eigenvalue weighted by molar-refractivity contribution is -0.121. The summed E-state index contributed by atoms with van der Waals surface area (Å²) < 4.78 is 5.63. The van der Waals surface area contributed by atoms with Crippen LogP contribution >= 0.6 is 0 Å². The number of carbonyl (C=O) groups is 1. The van der Waals surface area contributed by atoms with Gasteiger partial charge in [-0.15, -0.1) is 0 Å². The quantitative estimate of drug-likeness (QED) is 0.515. The first kappa shape index (κ1) is 16.4. The van der Waals surface area contributed by atoms with Crippen molar-refractivity contribution < 1.29 is 14.6 Å². The molecule has 0 radical (unpaired) electrons. The number of nitrogens with one attached hydrogen (secondary N) is 2. The Kier molecular flexibility index (Phi) is 8.79. The Bertz CT molecular complexity index is 243. The summed E-state index contributed by atoms with van der Waals surface area (Å²) >= 11 is 0. The third-order valence-electron chi connectivity index (χ3n) is 3.31. The number of carbonyl (C=O) groups excluding carboxylic acids is 1. The Labute approximate surface area is 116 Å². The molecule has 0 spiro atoms. The highest BCUT2D eigenvalue weighted by Gasteiger charge is 2.16. The van der Waals surface area contributed by atoms with Gasteiger partial charge < -0.3 is 20.5 Å². The smallest absolute Gasteiger partial charge is 0.221 e. The molecule has 0 aromatic carbocycles. The summed E-state index contributed by atoms with van der Waals surface area (Å²) in [7, 11) is 0. The van der Waals surface area contributed by atoms with E-state index in [-0.39, 0.29) is 5.91 Å². The third kappa shape index (κ3) is 8.18. The maximum absolute atomic E-state index is 11.3. The molecule has 1 fully saturated rings. The highest BCUT2D eigenvalue weighted by Crippen LogP contribution is 2.20. The average molecular weight is 272 g/mol. The zero-order valence-corrected chi connectivity index (χ0v) is 12.0. The van der Waals surface area contributed by atoms with Gasteiger partial charge in [-0.05, 0) is 19.3 Å². The molecule has 1 amide bonds. The van der Waals surface area contributed by atoms with Gasteiger partial charge in [0, 0.05) is 26.1 Å². The summed E-state index contributed by atoms with van der Waals surface area (Å²) in [5.74, 6) is 0.0612. The van der Waals surface area contributed by atoms with Crippen molar-refractivity contribution in [2.24, 2.45) is 0 Å². The molecule has 1 rings (SSSR count). The van der Waals surface area contributed by atoms with Crippen LogP contribution in [0.5, 0.6) is 0 Å². The summed E-state index contributed by atoms with van der Waals surface area (Å²) in [6, 6.07) is 0. The summed E-state index contributed by atoms with van der Waals surface area (Å²) in [5.41, 5.74) is 0. The predicted octanol–water partition coefficient (Wildman–Crippen LogP) is 0.812. The molecule has 1 atom stereocenters. The van der Waals surface area contributed by atoms with E-state index in [1.165, 1.54) is 12.8 Å². The topological polar surface area (TPSA) is 70.6 Å². The number of amides is 1. The molecule has 0 saturated heterocycles. The van der Waals surface area contributed by atoms with Crippen molar-refractivity contribution in [1.82, 2.24) is 10.6 Å². The van der Waals surface area contributed by atoms with Gasteiger partial charge in [0.1, 0.15) is 0 Å². The Morgan fingerprint density at radius 1 is 1.37 bits per heavy atom. The molecule has 0 heterocycles. The fourth-order valence-corrected chi connectivity index (χ4v) is 2.18. The molecule has 112 valence electrons. The van der Waals surface area contributed by atoms with Gasteiger partial charge in [-0.3, -0.25) is 4.79 Å². The Balaban J connectivity index is 1.91. The number of aliphatic hydroxyl groups excluding tert-OH is 1. The average Bonchev–Trinajstić information content (AvgIpc) is 2.92. The molecule has 5 nitrogen and oxygen atoms in total. The van der Waals surface area contributed by atoms with Gasteiger partial charge in [-0.25, -0.2) is 0 Å². The van der Waals surface area contributed by atoms with Crippen LogP contribution in [0.3, 0.4) is 0 Å². The van der Waals surface area contributed by atoms with Gasteiger partial charge in [0.15, 0.2) is 0 Å². The minimum absolute atomic E-state index is 0.0612. The summed E-state index contributed by atoms with van der Waals surface area (Å²) in [5, 5.41) is 15.6. The van der Waals surface area contributed by atoms with Crippen LogP contribution in [0.2, 0.25) is 0 Å². The standard InChI is InChI=1S/C14H28N2O3/c1-2-8-16-14(18)7-9-15-10-12(17)11-19-13-5-3-4-6-13/h12-13,15,17H,2-11H2,1H3,(H,16,18). The van der Waals surface area contributed by atoms with Gasteiger partial charge in [-0.2, -0.15) is 0 Å². The minimum Gasteiger partial charge on any atom is -0.389 e. The first-order valence-electron chi connectivity index (χ1n) is 7.49. The second-order valence-electron chi connectivity index (χ2n) is 5.20. The van der Waals surface area contributed by atoms with E-state index in [0.717, 1.165) is 25.8 Å². The Morgan fingerprint density at radius 3 is 2.79 bits per heavy atom. The van der Waals surface area contributed by atoms with Gasteiger partial charge >= 0.3 is 0 Å². The van der Waals surface area contributed by atoms with Crippen molar-refractivity contribution in [1.29, 1.82) is 0 Å². The number of aliphatic hydroxyl groups is 1. The molecule has 0 aromatic rings. The SMILES string of the molecule is CCCNC(=O)CCNCC(O)COC1CCCC1. The molecular formula is C14H28N2O3. The van der Waals surface area contributed by atoms with E-state index in [0.29, 0.717) is 32.2 Å². The zero-order valence-electron chi connectivity index (χ0n) is 12.0. The zero-order chi connectivity index (χ0) is 13.9. The van der Waals surface area contributed by atoms with Crippen LogP contribution in [0.15, 0.2) is 0 Å². The van der Waals surface area contributed by atoms with Crippen molar-refractivity contribution in [2.75, 3.05) is 26.2 Å². The second-order valence-corrected chi connectivity index (χ2v) is 5.20. The molecule has 19 heavy (non-hydrogen) atoms. The largest absolute Gasteiger partial charge is 0.389 e. The van der Waals surface area contributed by atoms with Crippen LogP contribution < -0.4 is 10.6 Å². The molecule has 0 aromatic heterocycles. The molecular weight excluding hydrogens is 244 g/mol. The van der Waals surface area contributed by atoms with Crippen molar-refractivity contribution in [3.63, 3.8) is 0 Å². The summed E-state index contributed by atoms with van der Waals surface area (Å²) in [6.45, 7) is 4.22. The summed E-state index contributed by atoms with van der Waals surface area (Å²) in [4.78, 5) is 11.3. The van der Waals surface area contributed by atoms with E-state index in [9.17, 15) is 9.90 Å². The molecule has 1 unspecified atom stereocenters. The fourth-order valence-electron chi connectivity index (χ4n) is 2.18. The van der Waals surface area contributed by atoms with Gasteiger partial charge in [-0.1, -0.05) is 19.8 Å². The Morgan fingerprint density at radius 2 is 2.11 bits per heavy atom. The van der Waals surface area contributed by atoms with Crippen molar-refractivity contribution >= 4 is 5.91 Å². The maximum atomic E-state index is 11.3. The van der Waals surface area contributed by atoms with Crippen LogP contribution in [0.4, 0.5) is 0 Å². The highest BCUT2D eigenvalue weighted by molar-refractivity contribution is 5.75. The Hall–Kier alpha value is -0.650. The monoisotopic (exact) mass is 272 g/mol. The number of ether oxygens (including phenoxy) is 1. The molecule has 0 bridgehead atoms. The number of hydrogen-bond donors (Lipinski definition) is 3. The molecule has 1 saturated carbocycles. The van der Waals surface area contributed by atoms with Crippen LogP contribution in [0.1, 0.15) is 45.4 Å². The van der Waals surface area contributed by atoms with Gasteiger partial charge in [0.05, 0.1) is 18.8 Å². The second kappa shape index (κ2) is 10.2. The molecule has 0 aliphatic heterocycles. The first-order valence-corrected chi connectivity index (χ1v) is 7.49. The lowest BCUT2D eigenvalue weighted by atomic mass is 10.3. The van der Waals surface area contributed by atoms with E-state index in [2.05, 4.69) is 10.6 Å². The normalized spacial score (nSPS) is 17.6. The van der Waals surface area contributed by atoms with Crippen LogP contribution in [-0.4, -0.2) is 49.5 Å². The van der Waals surface area contributed by atoms with E-state index in [1.807, 2.05) is 6.92 Å². The van der Waals surface area contributed by atoms with Gasteiger partial charge in [0.2, 0.25) is 5.91 Å². The molecule has 3 N–H and O–H groups in total. The van der Waals surface area contributed by atoms with Crippen LogP contribution in [-0.2, 0) is 9.53 Å². The lowest BCUT2D eigenvalue weighted by Crippen LogP contribution is -2.34. The minimum atomic E-state index is -0.487. The van der Waals surface area contributed by atoms with E-state index >= 15 is 0 Å². The van der Waals surface area contributed by atoms with Crippen molar-refractivity contribution in [3.05, 3.63) is 0 Å². The highest BCUT2D eigenvalue weighted by atomic mass is 16.5. The fraction of sp³-hybridized carbons (Fsp3) is 0.929. The van der Waals surface area contributed by atoms with Crippen LogP contribution in [0, 0.1) is 0 Å². The van der Waals surface area contributed by atoms with E-state index in [1.54, 1.807) is 0 Å². The van der Waals surface area contributed by atoms with Crippen LogP contribution in [0.25, 0.3) is 0 Å². The van der Waals surface area contributed by atoms with E-state index in [4.69, 9.17) is 4.74 Å². The number of rotatable bonds is 10. The van der Waals surface area contributed by atoms with E-state index < -0.39 is 6.10 Å². The molecule has 1 aliphatic carbocycles. The molecule has 1 aliphatic rings. The van der Waals surface area contributed by atoms with Crippen molar-refractivity contribution in [3.8, 4) is 0 Å². The predicted molar refractivity (Wildman–Crippen MR) is 75.0 cm³/mol. The maximum Gasteiger partial charge on any atom is 0.221 e. The first-order chi connectivity index (χ1) is 9.22. The third-order valence-corrected chi connectivity index (χ3v) is 3.31. The lowest BCUT2D eigenvalue weighted by Gasteiger charge is -2.16. The summed E-state index contributed by atoms with van der Waals surface area (Å²) in [6.07, 6.45) is 5.99. The van der Waals surface area contributed by atoms with Gasteiger partial charge in [0.25, 0.3) is 0 Å². The number of hydrogen-bond acceptors (Lipinski definition) is 4.